The number of nitrogens with one attached hydrogen (secondary N) is 1. The number of benzene rings is 1. The van der Waals surface area contributed by atoms with E-state index < -0.39 is 5.60 Å². The smallest absolute Gasteiger partial charge is 0.410 e. The van der Waals surface area contributed by atoms with E-state index in [1.807, 2.05) is 45.0 Å². The van der Waals surface area contributed by atoms with E-state index in [0.717, 1.165) is 23.8 Å². The Morgan fingerprint density at radius 2 is 2.04 bits per heavy atom. The number of methoxy groups -OCH3 is 1. The number of hydrogen-bond donors (Lipinski definition) is 1. The minimum absolute atomic E-state index is 0. The van der Waals surface area contributed by atoms with E-state index in [2.05, 4.69) is 15.2 Å². The van der Waals surface area contributed by atoms with Crippen LogP contribution < -0.4 is 10.1 Å². The van der Waals surface area contributed by atoms with Crippen LogP contribution >= 0.6 is 24.0 Å². The molecule has 0 aliphatic carbocycles. The second-order valence-electron chi connectivity index (χ2n) is 7.60. The zero-order chi connectivity index (χ0) is 18.7. The van der Waals surface area contributed by atoms with Crippen molar-refractivity contribution in [3.63, 3.8) is 0 Å². The number of hydrogen-bond acceptors (Lipinski definition) is 6. The van der Waals surface area contributed by atoms with Gasteiger partial charge in [0.25, 0.3) is 0 Å². The summed E-state index contributed by atoms with van der Waals surface area (Å²) in [5.41, 5.74) is 0.621. The van der Waals surface area contributed by atoms with Crippen molar-refractivity contribution in [3.05, 3.63) is 29.8 Å². The predicted molar refractivity (Wildman–Crippen MR) is 116 cm³/mol. The van der Waals surface area contributed by atoms with Crippen molar-refractivity contribution in [2.45, 2.75) is 39.0 Å². The van der Waals surface area contributed by atoms with Crippen LogP contribution in [0.2, 0.25) is 0 Å². The molecule has 7 nitrogen and oxygen atoms in total. The summed E-state index contributed by atoms with van der Waals surface area (Å²) in [6, 6.07) is 8.16. The quantitative estimate of drug-likeness (QED) is 0.663. The highest BCUT2D eigenvalue weighted by Crippen LogP contribution is 2.20. The Hall–Kier alpha value is -1.71. The van der Waals surface area contributed by atoms with Crippen LogP contribution in [0.25, 0.3) is 0 Å². The van der Waals surface area contributed by atoms with Crippen LogP contribution in [0, 0.1) is 0 Å². The number of ether oxygens (including phenoxy) is 2. The fraction of sp³-hybridized carbons (Fsp3) is 0.579. The fourth-order valence-electron chi connectivity index (χ4n) is 3.25. The van der Waals surface area contributed by atoms with Crippen molar-refractivity contribution < 1.29 is 14.3 Å². The number of carbonyl (C=O) groups excluding carboxylic acids is 1. The molecule has 0 bridgehead atoms. The van der Waals surface area contributed by atoms with Gasteiger partial charge in [0, 0.05) is 31.7 Å². The Morgan fingerprint density at radius 3 is 2.74 bits per heavy atom. The van der Waals surface area contributed by atoms with E-state index in [9.17, 15) is 4.79 Å². The maximum absolute atomic E-state index is 12.3. The Balaban J connectivity index is 0.00000261. The van der Waals surface area contributed by atoms with E-state index in [1.54, 1.807) is 12.0 Å². The molecule has 2 aliphatic heterocycles. The lowest BCUT2D eigenvalue weighted by Gasteiger charge is -2.39. The molecule has 8 heteroatoms. The number of carbonyl (C=O) groups is 1. The Kier molecular flexibility index (Phi) is 7.19. The summed E-state index contributed by atoms with van der Waals surface area (Å²) < 4.78 is 10.9. The lowest BCUT2D eigenvalue weighted by atomic mass is 10.2. The van der Waals surface area contributed by atoms with Crippen LogP contribution in [0.15, 0.2) is 29.3 Å². The monoisotopic (exact) mass is 488 g/mol. The Morgan fingerprint density at radius 1 is 1.30 bits per heavy atom. The number of nitrogens with zero attached hydrogens (tertiary/aromatic N) is 3. The van der Waals surface area contributed by atoms with Gasteiger partial charge in [0.2, 0.25) is 0 Å². The van der Waals surface area contributed by atoms with Gasteiger partial charge in [-0.1, -0.05) is 18.2 Å². The second kappa shape index (κ2) is 8.99. The van der Waals surface area contributed by atoms with Gasteiger partial charge in [0.15, 0.2) is 5.96 Å². The molecule has 150 valence electrons. The van der Waals surface area contributed by atoms with Crippen LogP contribution in [-0.4, -0.2) is 66.8 Å². The highest BCUT2D eigenvalue weighted by molar-refractivity contribution is 14.0. The maximum Gasteiger partial charge on any atom is 0.410 e. The zero-order valence-electron chi connectivity index (χ0n) is 16.4. The van der Waals surface area contributed by atoms with Gasteiger partial charge in [-0.3, -0.25) is 4.99 Å². The number of halogens is 1. The molecule has 1 unspecified atom stereocenters. The number of guanidine groups is 1. The molecule has 1 aromatic rings. The molecule has 2 aliphatic rings. The first kappa shape index (κ1) is 21.6. The van der Waals surface area contributed by atoms with Crippen molar-refractivity contribution in [2.24, 2.45) is 4.99 Å². The molecule has 2 heterocycles. The van der Waals surface area contributed by atoms with Crippen LogP contribution in [0.3, 0.4) is 0 Å². The topological polar surface area (TPSA) is 66.4 Å². The summed E-state index contributed by atoms with van der Waals surface area (Å²) >= 11 is 0. The van der Waals surface area contributed by atoms with Crippen molar-refractivity contribution in [1.29, 1.82) is 0 Å². The standard InChI is InChI=1S/C19H28N4O3.HI/c1-19(2,3)26-18(24)22-9-10-23-15(13-22)12-21-17(23)20-11-14-7-5-6-8-16(14)25-4;/h5-8,15H,9-13H2,1-4H3,(H,20,21);1H. The minimum Gasteiger partial charge on any atom is -0.496 e. The van der Waals surface area contributed by atoms with Gasteiger partial charge in [-0.15, -0.1) is 24.0 Å². The highest BCUT2D eigenvalue weighted by atomic mass is 127. The average Bonchev–Trinajstić information content (AvgIpc) is 3.01. The Bertz CT molecular complexity index is 690. The van der Waals surface area contributed by atoms with E-state index in [1.165, 1.54) is 0 Å². The molecular weight excluding hydrogens is 459 g/mol. The van der Waals surface area contributed by atoms with Crippen molar-refractivity contribution >= 4 is 36.0 Å². The molecule has 27 heavy (non-hydrogen) atoms. The number of piperazine rings is 1. The first-order chi connectivity index (χ1) is 12.4. The SMILES string of the molecule is COc1ccccc1CNC1=NCC2CN(C(=O)OC(C)(C)C)CCN12.I. The van der Waals surface area contributed by atoms with Crippen LogP contribution in [0.4, 0.5) is 4.79 Å². The zero-order valence-corrected chi connectivity index (χ0v) is 18.7. The lowest BCUT2D eigenvalue weighted by molar-refractivity contribution is 0.0137. The number of rotatable bonds is 3. The van der Waals surface area contributed by atoms with Gasteiger partial charge < -0.3 is 24.6 Å². The van der Waals surface area contributed by atoms with E-state index >= 15 is 0 Å². The van der Waals surface area contributed by atoms with Gasteiger partial charge in [-0.25, -0.2) is 4.79 Å². The molecule has 3 rings (SSSR count). The molecule has 1 atom stereocenters. The third-order valence-electron chi connectivity index (χ3n) is 4.49. The molecule has 1 N–H and O–H groups in total. The summed E-state index contributed by atoms with van der Waals surface area (Å²) in [6.07, 6.45) is -0.243. The molecule has 1 amide bonds. The predicted octanol–water partition coefficient (Wildman–Crippen LogP) is 2.69. The molecule has 0 saturated carbocycles. The van der Waals surface area contributed by atoms with Crippen molar-refractivity contribution in [3.8, 4) is 5.75 Å². The molecule has 1 aromatic carbocycles. The first-order valence-electron chi connectivity index (χ1n) is 9.02. The number of amides is 1. The number of fused-ring (bicyclic) bond motifs is 1. The second-order valence-corrected chi connectivity index (χ2v) is 7.60. The summed E-state index contributed by atoms with van der Waals surface area (Å²) in [4.78, 5) is 20.9. The van der Waals surface area contributed by atoms with Crippen LogP contribution in [-0.2, 0) is 11.3 Å². The van der Waals surface area contributed by atoms with Gasteiger partial charge >= 0.3 is 6.09 Å². The van der Waals surface area contributed by atoms with Crippen LogP contribution in [0.5, 0.6) is 5.75 Å². The van der Waals surface area contributed by atoms with Crippen LogP contribution in [0.1, 0.15) is 26.3 Å². The largest absolute Gasteiger partial charge is 0.496 e. The molecule has 1 saturated heterocycles. The fourth-order valence-corrected chi connectivity index (χ4v) is 3.25. The first-order valence-corrected chi connectivity index (χ1v) is 9.02. The third-order valence-corrected chi connectivity index (χ3v) is 4.49. The molecule has 0 aromatic heterocycles. The Labute approximate surface area is 178 Å². The lowest BCUT2D eigenvalue weighted by Crippen LogP contribution is -2.57. The van der Waals surface area contributed by atoms with Crippen molar-refractivity contribution in [2.75, 3.05) is 33.3 Å². The molecule has 0 spiro atoms. The van der Waals surface area contributed by atoms with Gasteiger partial charge in [0.05, 0.1) is 19.7 Å². The molecule has 0 radical (unpaired) electrons. The third kappa shape index (κ3) is 5.40. The van der Waals surface area contributed by atoms with E-state index in [4.69, 9.17) is 9.47 Å². The van der Waals surface area contributed by atoms with Gasteiger partial charge in [0.1, 0.15) is 11.4 Å². The van der Waals surface area contributed by atoms with Crippen molar-refractivity contribution in [1.82, 2.24) is 15.1 Å². The average molecular weight is 488 g/mol. The summed E-state index contributed by atoms with van der Waals surface area (Å²) in [7, 11) is 1.68. The number of aliphatic imine (C=N–C) groups is 1. The number of para-hydroxylation sites is 1. The molecular formula is C19H29IN4O3. The summed E-state index contributed by atoms with van der Waals surface area (Å²) in [5.74, 6) is 1.76. The minimum atomic E-state index is -0.470. The summed E-state index contributed by atoms with van der Waals surface area (Å²) in [5, 5.41) is 3.42. The highest BCUT2D eigenvalue weighted by Gasteiger charge is 2.36. The maximum atomic E-state index is 12.3. The normalized spacial score (nSPS) is 19.0. The van der Waals surface area contributed by atoms with E-state index in [0.29, 0.717) is 26.2 Å². The van der Waals surface area contributed by atoms with E-state index in [-0.39, 0.29) is 36.1 Å². The molecule has 1 fully saturated rings. The van der Waals surface area contributed by atoms with Gasteiger partial charge in [-0.2, -0.15) is 0 Å². The van der Waals surface area contributed by atoms with Gasteiger partial charge in [-0.05, 0) is 26.8 Å². The summed E-state index contributed by atoms with van der Waals surface area (Å²) in [6.45, 7) is 9.04.